The Bertz CT molecular complexity index is 557. The number of rotatable bonds is 2. The zero-order chi connectivity index (χ0) is 12.7. The van der Waals surface area contributed by atoms with E-state index in [0.717, 1.165) is 11.8 Å². The van der Waals surface area contributed by atoms with E-state index in [-0.39, 0.29) is 0 Å². The van der Waals surface area contributed by atoms with E-state index in [1.165, 1.54) is 25.7 Å². The molecule has 19 heavy (non-hydrogen) atoms. The lowest BCUT2D eigenvalue weighted by Crippen LogP contribution is -2.28. The van der Waals surface area contributed by atoms with Gasteiger partial charge >= 0.3 is 0 Å². The second-order valence-electron chi connectivity index (χ2n) is 6.33. The van der Waals surface area contributed by atoms with Gasteiger partial charge in [-0.1, -0.05) is 60.7 Å². The molecule has 0 heterocycles. The third-order valence-corrected chi connectivity index (χ3v) is 5.44. The summed E-state index contributed by atoms with van der Waals surface area (Å²) in [5, 5.41) is 0. The molecule has 0 N–H and O–H groups in total. The maximum atomic E-state index is 2.35. The quantitative estimate of drug-likeness (QED) is 0.708. The number of fused-ring (bicyclic) bond motifs is 2. The monoisotopic (exact) mass is 248 g/mol. The number of hydrogen-bond acceptors (Lipinski definition) is 0. The van der Waals surface area contributed by atoms with Gasteiger partial charge in [-0.25, -0.2) is 0 Å². The molecule has 2 aliphatic carbocycles. The molecule has 0 radical (unpaired) electrons. The van der Waals surface area contributed by atoms with E-state index < -0.39 is 0 Å². The van der Waals surface area contributed by atoms with Crippen LogP contribution in [0, 0.1) is 5.92 Å². The van der Waals surface area contributed by atoms with Gasteiger partial charge in [0.1, 0.15) is 0 Å². The summed E-state index contributed by atoms with van der Waals surface area (Å²) in [5.74, 6) is 1.68. The predicted octanol–water partition coefficient (Wildman–Crippen LogP) is 4.91. The lowest BCUT2D eigenvalue weighted by molar-refractivity contribution is 0.359. The van der Waals surface area contributed by atoms with Crippen molar-refractivity contribution < 1.29 is 0 Å². The smallest absolute Gasteiger partial charge is 0.00244 e. The first-order valence-electron chi connectivity index (χ1n) is 7.49. The highest BCUT2D eigenvalue weighted by molar-refractivity contribution is 5.38. The van der Waals surface area contributed by atoms with Crippen LogP contribution < -0.4 is 0 Å². The van der Waals surface area contributed by atoms with Crippen LogP contribution >= 0.6 is 0 Å². The van der Waals surface area contributed by atoms with E-state index in [2.05, 4.69) is 60.7 Å². The van der Waals surface area contributed by atoms with E-state index in [4.69, 9.17) is 0 Å². The van der Waals surface area contributed by atoms with Crippen molar-refractivity contribution in [3.8, 4) is 0 Å². The Morgan fingerprint density at radius 2 is 1.53 bits per heavy atom. The van der Waals surface area contributed by atoms with Gasteiger partial charge in [-0.15, -0.1) is 0 Å². The Hall–Kier alpha value is -1.56. The molecular weight excluding hydrogens is 228 g/mol. The second kappa shape index (κ2) is 4.23. The average molecular weight is 248 g/mol. The van der Waals surface area contributed by atoms with E-state index in [0.29, 0.717) is 5.41 Å². The molecule has 2 aromatic carbocycles. The van der Waals surface area contributed by atoms with Crippen LogP contribution in [-0.4, -0.2) is 0 Å². The summed E-state index contributed by atoms with van der Waals surface area (Å²) < 4.78 is 0. The van der Waals surface area contributed by atoms with Gasteiger partial charge in [0.15, 0.2) is 0 Å². The Kier molecular flexibility index (Phi) is 2.51. The first kappa shape index (κ1) is 11.3. The first-order valence-corrected chi connectivity index (χ1v) is 7.49. The summed E-state index contributed by atoms with van der Waals surface area (Å²) >= 11 is 0. The Balaban J connectivity index is 1.81. The minimum atomic E-state index is 0.424. The molecule has 2 saturated carbocycles. The molecule has 3 unspecified atom stereocenters. The zero-order valence-corrected chi connectivity index (χ0v) is 11.3. The Morgan fingerprint density at radius 1 is 0.842 bits per heavy atom. The van der Waals surface area contributed by atoms with Crippen molar-refractivity contribution in [1.82, 2.24) is 0 Å². The molecule has 0 nitrogen and oxygen atoms in total. The molecule has 2 fully saturated rings. The highest BCUT2D eigenvalue weighted by atomic mass is 14.6. The van der Waals surface area contributed by atoms with Crippen molar-refractivity contribution in [1.29, 1.82) is 0 Å². The normalized spacial score (nSPS) is 32.6. The summed E-state index contributed by atoms with van der Waals surface area (Å²) in [5.41, 5.74) is 3.55. The van der Waals surface area contributed by atoms with Gasteiger partial charge in [-0.2, -0.15) is 0 Å². The SMILES string of the molecule is c1ccc(C2CC3CCC2(c2ccccc2)C3)cc1. The van der Waals surface area contributed by atoms with Gasteiger partial charge in [-0.3, -0.25) is 0 Å². The average Bonchev–Trinajstić information content (AvgIpc) is 3.08. The molecule has 96 valence electrons. The summed E-state index contributed by atoms with van der Waals surface area (Å²) in [6.07, 6.45) is 5.59. The second-order valence-corrected chi connectivity index (χ2v) is 6.33. The van der Waals surface area contributed by atoms with Gasteiger partial charge in [-0.05, 0) is 48.6 Å². The lowest BCUT2D eigenvalue weighted by atomic mass is 9.67. The van der Waals surface area contributed by atoms with Gasteiger partial charge in [0.25, 0.3) is 0 Å². The molecule has 0 spiro atoms. The van der Waals surface area contributed by atoms with Crippen molar-refractivity contribution >= 4 is 0 Å². The summed E-state index contributed by atoms with van der Waals surface area (Å²) in [7, 11) is 0. The first-order chi connectivity index (χ1) is 9.38. The minimum absolute atomic E-state index is 0.424. The highest BCUT2D eigenvalue weighted by Crippen LogP contribution is 2.62. The summed E-state index contributed by atoms with van der Waals surface area (Å²) in [4.78, 5) is 0. The molecule has 2 aromatic rings. The largest absolute Gasteiger partial charge is 0.0622 e. The zero-order valence-electron chi connectivity index (χ0n) is 11.3. The van der Waals surface area contributed by atoms with Crippen molar-refractivity contribution in [2.75, 3.05) is 0 Å². The van der Waals surface area contributed by atoms with Crippen LogP contribution in [0.4, 0.5) is 0 Å². The maximum absolute atomic E-state index is 2.35. The number of hydrogen-bond donors (Lipinski definition) is 0. The van der Waals surface area contributed by atoms with Crippen molar-refractivity contribution in [2.24, 2.45) is 5.92 Å². The standard InChI is InChI=1S/C19H20/c1-3-7-16(8-4-1)18-13-15-11-12-19(18,14-15)17-9-5-2-6-10-17/h1-10,15,18H,11-14H2. The predicted molar refractivity (Wildman–Crippen MR) is 79.3 cm³/mol. The molecule has 0 aromatic heterocycles. The molecule has 3 atom stereocenters. The van der Waals surface area contributed by atoms with E-state index in [1.54, 1.807) is 11.1 Å². The molecule has 0 saturated heterocycles. The molecule has 0 heteroatoms. The fraction of sp³-hybridized carbons (Fsp3) is 0.368. The number of benzene rings is 2. The molecule has 0 aliphatic heterocycles. The van der Waals surface area contributed by atoms with E-state index >= 15 is 0 Å². The fourth-order valence-corrected chi connectivity index (χ4v) is 4.63. The third kappa shape index (κ3) is 1.66. The third-order valence-electron chi connectivity index (χ3n) is 5.44. The van der Waals surface area contributed by atoms with Crippen molar-refractivity contribution in [3.05, 3.63) is 71.8 Å². The van der Waals surface area contributed by atoms with Crippen molar-refractivity contribution in [3.63, 3.8) is 0 Å². The van der Waals surface area contributed by atoms with E-state index in [9.17, 15) is 0 Å². The van der Waals surface area contributed by atoms with Crippen LogP contribution in [0.3, 0.4) is 0 Å². The molecule has 2 bridgehead atoms. The maximum Gasteiger partial charge on any atom is 0.00244 e. The van der Waals surface area contributed by atoms with Crippen LogP contribution in [0.5, 0.6) is 0 Å². The van der Waals surface area contributed by atoms with Crippen LogP contribution in [0.1, 0.15) is 42.7 Å². The highest BCUT2D eigenvalue weighted by Gasteiger charge is 2.52. The van der Waals surface area contributed by atoms with Gasteiger partial charge < -0.3 is 0 Å². The summed E-state index contributed by atoms with van der Waals surface area (Å²) in [6, 6.07) is 22.4. The molecule has 0 amide bonds. The lowest BCUT2D eigenvalue weighted by Gasteiger charge is -2.36. The van der Waals surface area contributed by atoms with Crippen LogP contribution in [0.25, 0.3) is 0 Å². The van der Waals surface area contributed by atoms with Crippen LogP contribution in [0.15, 0.2) is 60.7 Å². The van der Waals surface area contributed by atoms with Gasteiger partial charge in [0.05, 0.1) is 0 Å². The Labute approximate surface area is 115 Å². The molecule has 2 aliphatic rings. The fourth-order valence-electron chi connectivity index (χ4n) is 4.63. The van der Waals surface area contributed by atoms with Gasteiger partial charge in [0, 0.05) is 5.41 Å². The van der Waals surface area contributed by atoms with Crippen LogP contribution in [-0.2, 0) is 5.41 Å². The van der Waals surface area contributed by atoms with Gasteiger partial charge in [0.2, 0.25) is 0 Å². The van der Waals surface area contributed by atoms with E-state index in [1.807, 2.05) is 0 Å². The minimum Gasteiger partial charge on any atom is -0.0622 e. The van der Waals surface area contributed by atoms with Crippen LogP contribution in [0.2, 0.25) is 0 Å². The molecule has 4 rings (SSSR count). The Morgan fingerprint density at radius 3 is 2.21 bits per heavy atom. The van der Waals surface area contributed by atoms with Crippen molar-refractivity contribution in [2.45, 2.75) is 37.0 Å². The summed E-state index contributed by atoms with van der Waals surface area (Å²) in [6.45, 7) is 0. The molecular formula is C19H20. The topological polar surface area (TPSA) is 0 Å².